The van der Waals surface area contributed by atoms with E-state index in [0.29, 0.717) is 12.1 Å². The molecule has 0 aliphatic heterocycles. The lowest BCUT2D eigenvalue weighted by Gasteiger charge is -2.14. The number of benzene rings is 2. The van der Waals surface area contributed by atoms with Gasteiger partial charge in [0.05, 0.1) is 0 Å². The van der Waals surface area contributed by atoms with E-state index in [-0.39, 0.29) is 11.8 Å². The van der Waals surface area contributed by atoms with Gasteiger partial charge in [-0.15, -0.1) is 0 Å². The second kappa shape index (κ2) is 7.18. The van der Waals surface area contributed by atoms with E-state index in [4.69, 9.17) is 0 Å². The Balaban J connectivity index is 1.79. The quantitative estimate of drug-likeness (QED) is 0.849. The molecule has 0 radical (unpaired) electrons. The molecule has 0 aromatic heterocycles. The zero-order chi connectivity index (χ0) is 15.2. The molecule has 2 N–H and O–H groups in total. The maximum absolute atomic E-state index is 13.5. The van der Waals surface area contributed by atoms with Crippen LogP contribution < -0.4 is 5.32 Å². The molecule has 0 fully saturated rings. The van der Waals surface area contributed by atoms with E-state index >= 15 is 0 Å². The summed E-state index contributed by atoms with van der Waals surface area (Å²) in [7, 11) is 0. The molecule has 0 spiro atoms. The van der Waals surface area contributed by atoms with E-state index in [2.05, 4.69) is 5.32 Å². The minimum absolute atomic E-state index is 0.211. The zero-order valence-electron chi connectivity index (χ0n) is 11.9. The number of halogens is 2. The first-order valence-corrected chi connectivity index (χ1v) is 7.00. The molecule has 0 saturated carbocycles. The van der Waals surface area contributed by atoms with Crippen LogP contribution in [-0.2, 0) is 13.0 Å². The molecule has 0 bridgehead atoms. The van der Waals surface area contributed by atoms with Crippen LogP contribution in [0.2, 0.25) is 0 Å². The van der Waals surface area contributed by atoms with E-state index < -0.39 is 11.6 Å². The highest BCUT2D eigenvalue weighted by molar-refractivity contribution is 5.26. The normalized spacial score (nSPS) is 12.3. The first-order valence-electron chi connectivity index (χ1n) is 7.00. The summed E-state index contributed by atoms with van der Waals surface area (Å²) < 4.78 is 26.3. The lowest BCUT2D eigenvalue weighted by Crippen LogP contribution is -2.26. The number of aromatic hydroxyl groups is 1. The number of hydrogen-bond donors (Lipinski definition) is 2. The Hall–Kier alpha value is -1.94. The summed E-state index contributed by atoms with van der Waals surface area (Å²) in [6.07, 6.45) is 1.77. The van der Waals surface area contributed by atoms with Gasteiger partial charge in [-0.25, -0.2) is 8.78 Å². The van der Waals surface area contributed by atoms with E-state index in [0.717, 1.165) is 24.5 Å². The second-order valence-corrected chi connectivity index (χ2v) is 5.22. The topological polar surface area (TPSA) is 32.3 Å². The summed E-state index contributed by atoms with van der Waals surface area (Å²) in [5.74, 6) is -0.818. The van der Waals surface area contributed by atoms with Gasteiger partial charge in [0.1, 0.15) is 17.4 Å². The molecule has 0 saturated heterocycles. The summed E-state index contributed by atoms with van der Waals surface area (Å²) in [6.45, 7) is 2.41. The summed E-state index contributed by atoms with van der Waals surface area (Å²) >= 11 is 0. The van der Waals surface area contributed by atoms with Gasteiger partial charge in [0, 0.05) is 24.2 Å². The summed E-state index contributed by atoms with van der Waals surface area (Å²) in [4.78, 5) is 0. The van der Waals surface area contributed by atoms with E-state index in [1.54, 1.807) is 12.1 Å². The van der Waals surface area contributed by atoms with Crippen molar-refractivity contribution >= 4 is 0 Å². The summed E-state index contributed by atoms with van der Waals surface area (Å²) in [5.41, 5.74) is 1.61. The first-order chi connectivity index (χ1) is 10.0. The van der Waals surface area contributed by atoms with Gasteiger partial charge in [-0.3, -0.25) is 0 Å². The van der Waals surface area contributed by atoms with Crippen LogP contribution in [0.25, 0.3) is 0 Å². The van der Waals surface area contributed by atoms with Crippen molar-refractivity contribution < 1.29 is 13.9 Å². The number of rotatable bonds is 6. The maximum atomic E-state index is 13.5. The molecule has 0 aliphatic carbocycles. The Morgan fingerprint density at radius 1 is 1.10 bits per heavy atom. The van der Waals surface area contributed by atoms with Crippen molar-refractivity contribution in [1.29, 1.82) is 0 Å². The summed E-state index contributed by atoms with van der Waals surface area (Å²) in [5, 5.41) is 12.4. The number of phenols is 1. The Kier molecular flexibility index (Phi) is 5.28. The molecule has 4 heteroatoms. The van der Waals surface area contributed by atoms with Crippen LogP contribution in [0, 0.1) is 11.6 Å². The largest absolute Gasteiger partial charge is 0.508 e. The Bertz CT molecular complexity index is 584. The molecule has 0 aliphatic rings. The standard InChI is InChI=1S/C17H19F2NO/c1-12(2-3-13-4-8-16(21)9-5-13)20-11-14-6-7-15(18)10-17(14)19/h4-10,12,20-21H,2-3,11H2,1H3. The predicted molar refractivity (Wildman–Crippen MR) is 79.1 cm³/mol. The highest BCUT2D eigenvalue weighted by Crippen LogP contribution is 2.13. The predicted octanol–water partition coefficient (Wildman–Crippen LogP) is 3.78. The molecule has 0 heterocycles. The third-order valence-corrected chi connectivity index (χ3v) is 3.46. The van der Waals surface area contributed by atoms with Crippen molar-refractivity contribution in [3.05, 3.63) is 65.2 Å². The van der Waals surface area contributed by atoms with Gasteiger partial charge in [0.15, 0.2) is 0 Å². The second-order valence-electron chi connectivity index (χ2n) is 5.22. The van der Waals surface area contributed by atoms with Gasteiger partial charge >= 0.3 is 0 Å². The van der Waals surface area contributed by atoms with Crippen molar-refractivity contribution in [1.82, 2.24) is 5.32 Å². The minimum atomic E-state index is -0.559. The lowest BCUT2D eigenvalue weighted by molar-refractivity contribution is 0.474. The highest BCUT2D eigenvalue weighted by atomic mass is 19.1. The third-order valence-electron chi connectivity index (χ3n) is 3.46. The van der Waals surface area contributed by atoms with Gasteiger partial charge in [0.25, 0.3) is 0 Å². The van der Waals surface area contributed by atoms with E-state index in [1.807, 2.05) is 19.1 Å². The van der Waals surface area contributed by atoms with E-state index in [9.17, 15) is 13.9 Å². The van der Waals surface area contributed by atoms with Crippen molar-refractivity contribution in [2.75, 3.05) is 0 Å². The lowest BCUT2D eigenvalue weighted by atomic mass is 10.1. The van der Waals surface area contributed by atoms with Gasteiger partial charge in [-0.1, -0.05) is 18.2 Å². The van der Waals surface area contributed by atoms with Crippen molar-refractivity contribution in [3.8, 4) is 5.75 Å². The number of phenolic OH excluding ortho intramolecular Hbond substituents is 1. The van der Waals surface area contributed by atoms with Crippen molar-refractivity contribution in [2.45, 2.75) is 32.4 Å². The SMILES string of the molecule is CC(CCc1ccc(O)cc1)NCc1ccc(F)cc1F. The first kappa shape index (κ1) is 15.4. The minimum Gasteiger partial charge on any atom is -0.508 e. The average molecular weight is 291 g/mol. The Morgan fingerprint density at radius 2 is 1.81 bits per heavy atom. The van der Waals surface area contributed by atoms with E-state index in [1.165, 1.54) is 12.1 Å². The molecule has 0 amide bonds. The highest BCUT2D eigenvalue weighted by Gasteiger charge is 2.06. The van der Waals surface area contributed by atoms with Gasteiger partial charge in [-0.05, 0) is 43.5 Å². The molecule has 2 rings (SSSR count). The van der Waals surface area contributed by atoms with Crippen LogP contribution in [0.1, 0.15) is 24.5 Å². The zero-order valence-corrected chi connectivity index (χ0v) is 11.9. The number of hydrogen-bond acceptors (Lipinski definition) is 2. The number of aryl methyl sites for hydroxylation is 1. The Labute approximate surface area is 123 Å². The molecule has 2 aromatic carbocycles. The smallest absolute Gasteiger partial charge is 0.130 e. The fraction of sp³-hybridized carbons (Fsp3) is 0.294. The van der Waals surface area contributed by atoms with Gasteiger partial charge < -0.3 is 10.4 Å². The third kappa shape index (κ3) is 4.83. The molecule has 2 nitrogen and oxygen atoms in total. The molecular formula is C17H19F2NO. The van der Waals surface area contributed by atoms with Gasteiger partial charge in [0.2, 0.25) is 0 Å². The molecule has 1 unspecified atom stereocenters. The average Bonchev–Trinajstić information content (AvgIpc) is 2.46. The van der Waals surface area contributed by atoms with Gasteiger partial charge in [-0.2, -0.15) is 0 Å². The Morgan fingerprint density at radius 3 is 2.48 bits per heavy atom. The monoisotopic (exact) mass is 291 g/mol. The molecule has 2 aromatic rings. The fourth-order valence-electron chi connectivity index (χ4n) is 2.10. The van der Waals surface area contributed by atoms with Crippen LogP contribution in [0.4, 0.5) is 8.78 Å². The van der Waals surface area contributed by atoms with Crippen molar-refractivity contribution in [3.63, 3.8) is 0 Å². The maximum Gasteiger partial charge on any atom is 0.130 e. The molecule has 112 valence electrons. The van der Waals surface area contributed by atoms with Crippen LogP contribution in [0.5, 0.6) is 5.75 Å². The number of nitrogens with one attached hydrogen (secondary N) is 1. The molecule has 21 heavy (non-hydrogen) atoms. The van der Waals surface area contributed by atoms with Crippen LogP contribution >= 0.6 is 0 Å². The van der Waals surface area contributed by atoms with Crippen LogP contribution in [0.15, 0.2) is 42.5 Å². The summed E-state index contributed by atoms with van der Waals surface area (Å²) in [6, 6.07) is 11.0. The molecule has 1 atom stereocenters. The van der Waals surface area contributed by atoms with Crippen LogP contribution in [-0.4, -0.2) is 11.1 Å². The van der Waals surface area contributed by atoms with Crippen molar-refractivity contribution in [2.24, 2.45) is 0 Å². The molecular weight excluding hydrogens is 272 g/mol. The fourth-order valence-corrected chi connectivity index (χ4v) is 2.10. The van der Waals surface area contributed by atoms with Crippen LogP contribution in [0.3, 0.4) is 0 Å².